The van der Waals surface area contributed by atoms with Crippen molar-refractivity contribution < 1.29 is 9.53 Å². The quantitative estimate of drug-likeness (QED) is 0.590. The maximum Gasteiger partial charge on any atom is 0.275 e. The normalized spacial score (nSPS) is 10.7. The van der Waals surface area contributed by atoms with Crippen molar-refractivity contribution in [3.05, 3.63) is 72.8 Å². The lowest BCUT2D eigenvalue weighted by atomic mass is 10.1. The Balaban J connectivity index is 1.75. The van der Waals surface area contributed by atoms with Crippen molar-refractivity contribution in [2.45, 2.75) is 6.92 Å². The average Bonchev–Trinajstić information content (AvgIpc) is 3.08. The molecule has 0 spiro atoms. The maximum absolute atomic E-state index is 12.8. The number of fused-ring (bicyclic) bond motifs is 1. The molecule has 0 fully saturated rings. The van der Waals surface area contributed by atoms with Gasteiger partial charge in [-0.2, -0.15) is 0 Å². The first-order valence-electron chi connectivity index (χ1n) is 8.55. The molecule has 0 saturated carbocycles. The molecule has 3 aromatic heterocycles. The molecule has 0 atom stereocenters. The molecule has 1 N–H and O–H groups in total. The Morgan fingerprint density at radius 1 is 1.11 bits per heavy atom. The molecule has 7 heteroatoms. The predicted molar refractivity (Wildman–Crippen MR) is 102 cm³/mol. The van der Waals surface area contributed by atoms with E-state index in [0.717, 1.165) is 11.2 Å². The van der Waals surface area contributed by atoms with Gasteiger partial charge in [0.15, 0.2) is 0 Å². The Hall–Kier alpha value is -3.74. The van der Waals surface area contributed by atoms with Crippen molar-refractivity contribution in [1.29, 1.82) is 0 Å². The van der Waals surface area contributed by atoms with Gasteiger partial charge in [-0.1, -0.05) is 36.4 Å². The first kappa shape index (κ1) is 16.7. The molecule has 1 aromatic carbocycles. The van der Waals surface area contributed by atoms with Gasteiger partial charge in [-0.3, -0.25) is 9.20 Å². The van der Waals surface area contributed by atoms with Gasteiger partial charge < -0.3 is 10.1 Å². The van der Waals surface area contributed by atoms with Crippen LogP contribution in [0, 0.1) is 0 Å². The number of nitrogens with zero attached hydrogens (tertiary/aromatic N) is 4. The molecule has 7 nitrogen and oxygen atoms in total. The van der Waals surface area contributed by atoms with Gasteiger partial charge in [-0.05, 0) is 19.1 Å². The van der Waals surface area contributed by atoms with Gasteiger partial charge in [0, 0.05) is 17.8 Å². The third kappa shape index (κ3) is 3.35. The second-order valence-corrected chi connectivity index (χ2v) is 5.73. The zero-order valence-corrected chi connectivity index (χ0v) is 14.7. The summed E-state index contributed by atoms with van der Waals surface area (Å²) >= 11 is 0. The summed E-state index contributed by atoms with van der Waals surface area (Å²) in [5, 5.41) is 2.93. The van der Waals surface area contributed by atoms with Gasteiger partial charge in [0.2, 0.25) is 5.88 Å². The molecule has 0 radical (unpaired) electrons. The van der Waals surface area contributed by atoms with E-state index in [1.807, 2.05) is 66.1 Å². The first-order valence-corrected chi connectivity index (χ1v) is 8.55. The Kier molecular flexibility index (Phi) is 4.49. The Bertz CT molecular complexity index is 1090. The third-order valence-corrected chi connectivity index (χ3v) is 3.98. The van der Waals surface area contributed by atoms with Crippen LogP contribution in [0.4, 0.5) is 5.82 Å². The fourth-order valence-electron chi connectivity index (χ4n) is 2.77. The molecule has 0 unspecified atom stereocenters. The lowest BCUT2D eigenvalue weighted by Gasteiger charge is -2.08. The summed E-state index contributed by atoms with van der Waals surface area (Å²) in [4.78, 5) is 25.5. The fourth-order valence-corrected chi connectivity index (χ4v) is 2.77. The summed E-state index contributed by atoms with van der Waals surface area (Å²) in [6.07, 6.45) is 3.17. The van der Waals surface area contributed by atoms with Crippen LogP contribution in [0.15, 0.2) is 67.1 Å². The number of pyridine rings is 1. The van der Waals surface area contributed by atoms with E-state index < -0.39 is 0 Å². The van der Waals surface area contributed by atoms with Crippen molar-refractivity contribution in [2.75, 3.05) is 11.9 Å². The summed E-state index contributed by atoms with van der Waals surface area (Å²) < 4.78 is 7.18. The molecule has 3 heterocycles. The van der Waals surface area contributed by atoms with Crippen LogP contribution in [0.3, 0.4) is 0 Å². The molecule has 1 amide bonds. The number of hydrogen-bond donors (Lipinski definition) is 1. The number of rotatable bonds is 5. The average molecular weight is 359 g/mol. The van der Waals surface area contributed by atoms with E-state index in [0.29, 0.717) is 24.0 Å². The zero-order chi connectivity index (χ0) is 18.6. The van der Waals surface area contributed by atoms with Crippen molar-refractivity contribution in [2.24, 2.45) is 0 Å². The summed E-state index contributed by atoms with van der Waals surface area (Å²) in [6.45, 7) is 2.32. The number of anilines is 1. The number of aromatic nitrogens is 4. The second-order valence-electron chi connectivity index (χ2n) is 5.73. The molecule has 0 aliphatic rings. The minimum atomic E-state index is -0.360. The number of hydrogen-bond acceptors (Lipinski definition) is 5. The lowest BCUT2D eigenvalue weighted by Crippen LogP contribution is -2.16. The molecule has 4 aromatic rings. The smallest absolute Gasteiger partial charge is 0.275 e. The van der Waals surface area contributed by atoms with Gasteiger partial charge in [-0.25, -0.2) is 15.0 Å². The highest BCUT2D eigenvalue weighted by molar-refractivity contribution is 6.04. The number of imidazole rings is 1. The van der Waals surface area contributed by atoms with Crippen LogP contribution in [0.5, 0.6) is 5.88 Å². The highest BCUT2D eigenvalue weighted by atomic mass is 16.5. The van der Waals surface area contributed by atoms with Crippen LogP contribution >= 0.6 is 0 Å². The van der Waals surface area contributed by atoms with Crippen LogP contribution in [0.1, 0.15) is 17.4 Å². The Labute approximate surface area is 155 Å². The van der Waals surface area contributed by atoms with Crippen molar-refractivity contribution in [1.82, 2.24) is 19.4 Å². The van der Waals surface area contributed by atoms with Crippen LogP contribution in [-0.2, 0) is 0 Å². The van der Waals surface area contributed by atoms with Crippen molar-refractivity contribution >= 4 is 17.4 Å². The number of carbonyl (C=O) groups is 1. The van der Waals surface area contributed by atoms with Crippen LogP contribution in [0.2, 0.25) is 0 Å². The number of ether oxygens (including phenoxy) is 1. The van der Waals surface area contributed by atoms with Crippen molar-refractivity contribution in [3.8, 4) is 17.1 Å². The molecule has 134 valence electrons. The second kappa shape index (κ2) is 7.25. The summed E-state index contributed by atoms with van der Waals surface area (Å²) in [5.41, 5.74) is 2.56. The summed E-state index contributed by atoms with van der Waals surface area (Å²) in [6, 6.07) is 16.9. The molecule has 0 bridgehead atoms. The van der Waals surface area contributed by atoms with E-state index in [9.17, 15) is 4.79 Å². The van der Waals surface area contributed by atoms with E-state index in [1.165, 1.54) is 12.4 Å². The van der Waals surface area contributed by atoms with Gasteiger partial charge in [0.1, 0.15) is 29.2 Å². The predicted octanol–water partition coefficient (Wildman–Crippen LogP) is 3.44. The molecular formula is C20H17N5O2. The van der Waals surface area contributed by atoms with E-state index in [4.69, 9.17) is 4.74 Å². The Morgan fingerprint density at radius 3 is 2.74 bits per heavy atom. The molecule has 4 rings (SSSR count). The standard InChI is InChI=1S/C20H17N5O2/c1-2-27-17-12-15(21-13-22-17)20(26)24-19-18(14-8-4-3-5-9-14)23-16-10-6-7-11-25(16)19/h3-13H,2H2,1H3,(H,24,26). The largest absolute Gasteiger partial charge is 0.478 e. The van der Waals surface area contributed by atoms with Gasteiger partial charge in [0.25, 0.3) is 5.91 Å². The molecule has 0 aliphatic carbocycles. The van der Waals surface area contributed by atoms with E-state index >= 15 is 0 Å². The van der Waals surface area contributed by atoms with Gasteiger partial charge >= 0.3 is 0 Å². The number of benzene rings is 1. The number of carbonyl (C=O) groups excluding carboxylic acids is 1. The maximum atomic E-state index is 12.8. The van der Waals surface area contributed by atoms with E-state index in [2.05, 4.69) is 20.3 Å². The molecule has 0 aliphatic heterocycles. The summed E-state index contributed by atoms with van der Waals surface area (Å²) in [7, 11) is 0. The van der Waals surface area contributed by atoms with Crippen LogP contribution < -0.4 is 10.1 Å². The third-order valence-electron chi connectivity index (χ3n) is 3.98. The molecule has 0 saturated heterocycles. The van der Waals surface area contributed by atoms with Gasteiger partial charge in [-0.15, -0.1) is 0 Å². The highest BCUT2D eigenvalue weighted by Crippen LogP contribution is 2.28. The minimum absolute atomic E-state index is 0.221. The highest BCUT2D eigenvalue weighted by Gasteiger charge is 2.18. The van der Waals surface area contributed by atoms with Crippen LogP contribution in [0.25, 0.3) is 16.9 Å². The monoisotopic (exact) mass is 359 g/mol. The molecular weight excluding hydrogens is 342 g/mol. The summed E-state index contributed by atoms with van der Waals surface area (Å²) in [5.74, 6) is 0.582. The Morgan fingerprint density at radius 2 is 1.93 bits per heavy atom. The topological polar surface area (TPSA) is 81.4 Å². The minimum Gasteiger partial charge on any atom is -0.478 e. The lowest BCUT2D eigenvalue weighted by molar-refractivity contribution is 0.102. The SMILES string of the molecule is CCOc1cc(C(=O)Nc2c(-c3ccccc3)nc3ccccn23)ncn1. The van der Waals surface area contributed by atoms with E-state index in [-0.39, 0.29) is 11.6 Å². The fraction of sp³-hybridized carbons (Fsp3) is 0.100. The van der Waals surface area contributed by atoms with Gasteiger partial charge in [0.05, 0.1) is 6.61 Å². The number of nitrogens with one attached hydrogen (secondary N) is 1. The van der Waals surface area contributed by atoms with Crippen molar-refractivity contribution in [3.63, 3.8) is 0 Å². The zero-order valence-electron chi connectivity index (χ0n) is 14.7. The molecule has 27 heavy (non-hydrogen) atoms. The first-order chi connectivity index (χ1) is 13.3. The number of amides is 1. The van der Waals surface area contributed by atoms with E-state index in [1.54, 1.807) is 0 Å². The van der Waals surface area contributed by atoms with Crippen LogP contribution in [-0.4, -0.2) is 31.9 Å².